The van der Waals surface area contributed by atoms with Crippen molar-refractivity contribution in [2.24, 2.45) is 0 Å². The summed E-state index contributed by atoms with van der Waals surface area (Å²) in [4.78, 5) is 12.2. The van der Waals surface area contributed by atoms with Gasteiger partial charge < -0.3 is 19.4 Å². The third-order valence-corrected chi connectivity index (χ3v) is 5.35. The lowest BCUT2D eigenvalue weighted by atomic mass is 9.77. The van der Waals surface area contributed by atoms with Gasteiger partial charge in [-0.15, -0.1) is 0 Å². The summed E-state index contributed by atoms with van der Waals surface area (Å²) in [5.41, 5.74) is 1.70. The zero-order chi connectivity index (χ0) is 22.0. The molecule has 1 aliphatic heterocycles. The molecule has 5 nitrogen and oxygen atoms in total. The fraction of sp³-hybridized carbons (Fsp3) is 0.609. The summed E-state index contributed by atoms with van der Waals surface area (Å²) in [5.74, 6) is 0.476. The van der Waals surface area contributed by atoms with Crippen molar-refractivity contribution in [2.45, 2.75) is 85.0 Å². The minimum Gasteiger partial charge on any atom is -0.444 e. The maximum absolute atomic E-state index is 12.2. The molecule has 0 atom stereocenters. The highest BCUT2D eigenvalue weighted by Crippen LogP contribution is 2.38. The predicted octanol–water partition coefficient (Wildman–Crippen LogP) is 5.35. The van der Waals surface area contributed by atoms with Gasteiger partial charge in [0.25, 0.3) is 0 Å². The van der Waals surface area contributed by atoms with E-state index in [0.717, 1.165) is 11.0 Å². The monoisotopic (exact) mass is 401 g/mol. The molecule has 29 heavy (non-hydrogen) atoms. The molecule has 0 saturated carbocycles. The van der Waals surface area contributed by atoms with Gasteiger partial charge in [0.05, 0.1) is 11.2 Å². The van der Waals surface area contributed by atoms with Crippen LogP contribution in [0.3, 0.4) is 0 Å². The molecule has 1 aliphatic rings. The first-order chi connectivity index (χ1) is 13.2. The molecule has 0 aliphatic carbocycles. The van der Waals surface area contributed by atoms with Crippen molar-refractivity contribution in [1.82, 2.24) is 5.32 Å². The Labute approximate surface area is 176 Å². The second-order valence-corrected chi connectivity index (χ2v) is 9.98. The fourth-order valence-electron chi connectivity index (χ4n) is 2.88. The minimum atomic E-state index is -0.551. The van der Waals surface area contributed by atoms with E-state index >= 15 is 0 Å². The molecule has 1 N–H and O–H groups in total. The lowest BCUT2D eigenvalue weighted by Crippen LogP contribution is -2.41. The van der Waals surface area contributed by atoms with Crippen molar-refractivity contribution in [3.63, 3.8) is 0 Å². The van der Waals surface area contributed by atoms with Gasteiger partial charge in [-0.2, -0.15) is 0 Å². The first-order valence-corrected chi connectivity index (χ1v) is 10.3. The second kappa shape index (κ2) is 8.53. The fourth-order valence-corrected chi connectivity index (χ4v) is 2.88. The molecule has 0 aromatic heterocycles. The van der Waals surface area contributed by atoms with Crippen LogP contribution in [0.1, 0.15) is 79.4 Å². The van der Waals surface area contributed by atoms with Crippen molar-refractivity contribution in [2.75, 3.05) is 6.54 Å². The van der Waals surface area contributed by atoms with Crippen LogP contribution in [0.4, 0.5) is 4.79 Å². The number of nitrogens with one attached hydrogen (secondary N) is 1. The van der Waals surface area contributed by atoms with E-state index in [2.05, 4.69) is 43.4 Å². The van der Waals surface area contributed by atoms with E-state index < -0.39 is 30.0 Å². The topological polar surface area (TPSA) is 56.8 Å². The van der Waals surface area contributed by atoms with Gasteiger partial charge in [0, 0.05) is 6.54 Å². The Morgan fingerprint density at radius 2 is 1.62 bits per heavy atom. The summed E-state index contributed by atoms with van der Waals surface area (Å²) < 4.78 is 17.8. The lowest BCUT2D eigenvalue weighted by Gasteiger charge is -2.32. The van der Waals surface area contributed by atoms with Crippen LogP contribution in [0.5, 0.6) is 0 Å². The molecular weight excluding hydrogens is 365 g/mol. The molecule has 1 aromatic rings. The maximum Gasteiger partial charge on any atom is 0.492 e. The van der Waals surface area contributed by atoms with E-state index in [-0.39, 0.29) is 6.54 Å². The molecule has 1 fully saturated rings. The van der Waals surface area contributed by atoms with E-state index in [4.69, 9.17) is 14.0 Å². The molecule has 0 bridgehead atoms. The van der Waals surface area contributed by atoms with Crippen molar-refractivity contribution >= 4 is 19.3 Å². The summed E-state index contributed by atoms with van der Waals surface area (Å²) in [7, 11) is -0.542. The Bertz CT molecular complexity index is 729. The smallest absolute Gasteiger partial charge is 0.444 e. The lowest BCUT2D eigenvalue weighted by molar-refractivity contribution is 0.00578. The number of amides is 1. The number of hydrogen-bond donors (Lipinski definition) is 1. The summed E-state index contributed by atoms with van der Waals surface area (Å²) in [6.45, 7) is 18.2. The number of carbonyl (C=O) groups excluding carboxylic acids is 1. The Kier molecular flexibility index (Phi) is 6.91. The third-order valence-electron chi connectivity index (χ3n) is 5.35. The average molecular weight is 401 g/mol. The maximum atomic E-state index is 12.2. The third kappa shape index (κ3) is 6.35. The standard InChI is InChI=1S/C23H36BNO4/c1-16(2)18-12-10-17(11-13-18)14-19(15-25-20(26)27-21(3,4)5)24-28-22(6,7)23(8,9)29-24/h10-14,16H,15H2,1-9H3,(H,25,26). The average Bonchev–Trinajstić information content (AvgIpc) is 2.78. The van der Waals surface area contributed by atoms with Gasteiger partial charge in [0.1, 0.15) is 5.60 Å². The normalized spacial score (nSPS) is 18.8. The summed E-state index contributed by atoms with van der Waals surface area (Å²) in [6.07, 6.45) is 1.55. The summed E-state index contributed by atoms with van der Waals surface area (Å²) in [5, 5.41) is 2.83. The van der Waals surface area contributed by atoms with Crippen LogP contribution in [0.25, 0.3) is 6.08 Å². The Hall–Kier alpha value is -1.79. The number of ether oxygens (including phenoxy) is 1. The van der Waals surface area contributed by atoms with E-state index in [1.807, 2.05) is 54.5 Å². The number of hydrogen-bond acceptors (Lipinski definition) is 4. The Morgan fingerprint density at radius 1 is 1.10 bits per heavy atom. The second-order valence-electron chi connectivity index (χ2n) is 9.98. The van der Waals surface area contributed by atoms with Gasteiger partial charge in [-0.1, -0.05) is 44.2 Å². The van der Waals surface area contributed by atoms with Gasteiger partial charge in [-0.3, -0.25) is 0 Å². The molecule has 2 rings (SSSR count). The van der Waals surface area contributed by atoms with E-state index in [9.17, 15) is 4.79 Å². The van der Waals surface area contributed by atoms with E-state index in [0.29, 0.717) is 5.92 Å². The van der Waals surface area contributed by atoms with Crippen LogP contribution >= 0.6 is 0 Å². The van der Waals surface area contributed by atoms with Crippen LogP contribution in [0, 0.1) is 0 Å². The number of benzene rings is 1. The van der Waals surface area contributed by atoms with Crippen molar-refractivity contribution in [3.8, 4) is 0 Å². The molecule has 0 unspecified atom stereocenters. The van der Waals surface area contributed by atoms with Gasteiger partial charge in [0.15, 0.2) is 0 Å². The summed E-state index contributed by atoms with van der Waals surface area (Å²) in [6, 6.07) is 8.40. The Balaban J connectivity index is 2.25. The quantitative estimate of drug-likeness (QED) is 0.676. The molecule has 160 valence electrons. The highest BCUT2D eigenvalue weighted by Gasteiger charge is 2.52. The van der Waals surface area contributed by atoms with Crippen LogP contribution < -0.4 is 5.32 Å². The van der Waals surface area contributed by atoms with Crippen LogP contribution in [0.15, 0.2) is 29.7 Å². The predicted molar refractivity (Wildman–Crippen MR) is 119 cm³/mol. The van der Waals surface area contributed by atoms with Gasteiger partial charge in [0.2, 0.25) is 0 Å². The largest absolute Gasteiger partial charge is 0.492 e. The molecule has 1 heterocycles. The van der Waals surface area contributed by atoms with E-state index in [1.165, 1.54) is 5.56 Å². The highest BCUT2D eigenvalue weighted by atomic mass is 16.7. The molecule has 1 aromatic carbocycles. The Morgan fingerprint density at radius 3 is 2.07 bits per heavy atom. The first-order valence-electron chi connectivity index (χ1n) is 10.3. The zero-order valence-electron chi connectivity index (χ0n) is 19.4. The van der Waals surface area contributed by atoms with Gasteiger partial charge in [-0.05, 0) is 71.0 Å². The van der Waals surface area contributed by atoms with Crippen LogP contribution in [-0.2, 0) is 14.0 Å². The molecular formula is C23H36BNO4. The number of carbonyl (C=O) groups is 1. The highest BCUT2D eigenvalue weighted by molar-refractivity contribution is 6.56. The molecule has 6 heteroatoms. The SMILES string of the molecule is CC(C)c1ccc(C=C(CNC(=O)OC(C)(C)C)B2OC(C)(C)C(C)(C)O2)cc1. The molecule has 1 amide bonds. The van der Waals surface area contributed by atoms with E-state index in [1.54, 1.807) is 0 Å². The van der Waals surface area contributed by atoms with Crippen LogP contribution in [0.2, 0.25) is 0 Å². The molecule has 1 saturated heterocycles. The first kappa shape index (κ1) is 23.5. The van der Waals surface area contributed by atoms with Crippen molar-refractivity contribution < 1.29 is 18.8 Å². The van der Waals surface area contributed by atoms with Crippen LogP contribution in [-0.4, -0.2) is 36.6 Å². The van der Waals surface area contributed by atoms with Crippen molar-refractivity contribution in [1.29, 1.82) is 0 Å². The zero-order valence-corrected chi connectivity index (χ0v) is 19.4. The van der Waals surface area contributed by atoms with Crippen molar-refractivity contribution in [3.05, 3.63) is 40.9 Å². The number of alkyl carbamates (subject to hydrolysis) is 1. The summed E-state index contributed by atoms with van der Waals surface area (Å²) >= 11 is 0. The molecule has 0 radical (unpaired) electrons. The molecule has 0 spiro atoms. The minimum absolute atomic E-state index is 0.275. The number of rotatable bonds is 5. The van der Waals surface area contributed by atoms with Gasteiger partial charge in [-0.25, -0.2) is 4.79 Å². The van der Waals surface area contributed by atoms with Gasteiger partial charge >= 0.3 is 13.2 Å².